The number of carboxylic acids is 1. The number of nitro benzene ring substituents is 1. The quantitative estimate of drug-likeness (QED) is 0.467. The second-order valence-corrected chi connectivity index (χ2v) is 4.19. The molecule has 0 aliphatic carbocycles. The van der Waals surface area contributed by atoms with Crippen LogP contribution in [0.25, 0.3) is 0 Å². The van der Waals surface area contributed by atoms with Gasteiger partial charge in [-0.2, -0.15) is 0 Å². The first-order chi connectivity index (χ1) is 7.61. The van der Waals surface area contributed by atoms with Gasteiger partial charge in [0.2, 0.25) is 0 Å². The molecule has 0 saturated heterocycles. The summed E-state index contributed by atoms with van der Waals surface area (Å²) in [5.74, 6) is -0.273. The van der Waals surface area contributed by atoms with E-state index < -0.39 is 10.9 Å². The largest absolute Gasteiger partial charge is 0.481 e. The van der Waals surface area contributed by atoms with E-state index in [-0.39, 0.29) is 11.4 Å². The number of nitro groups is 1. The third-order valence-corrected chi connectivity index (χ3v) is 2.87. The number of aryl methyl sites for hydroxylation is 1. The van der Waals surface area contributed by atoms with Crippen LogP contribution >= 0.6 is 11.8 Å². The van der Waals surface area contributed by atoms with Crippen LogP contribution in [0.15, 0.2) is 24.3 Å². The van der Waals surface area contributed by atoms with Crippen molar-refractivity contribution in [2.24, 2.45) is 0 Å². The van der Waals surface area contributed by atoms with Gasteiger partial charge in [0.05, 0.1) is 10.7 Å². The van der Waals surface area contributed by atoms with Crippen LogP contribution in [0.2, 0.25) is 0 Å². The molecule has 0 spiro atoms. The van der Waals surface area contributed by atoms with E-state index in [4.69, 9.17) is 5.11 Å². The molecule has 1 N–H and O–H groups in total. The summed E-state index contributed by atoms with van der Waals surface area (Å²) < 4.78 is 0. The fourth-order valence-corrected chi connectivity index (χ4v) is 1.93. The molecule has 0 aliphatic heterocycles. The van der Waals surface area contributed by atoms with Crippen molar-refractivity contribution in [1.82, 2.24) is 0 Å². The van der Waals surface area contributed by atoms with E-state index in [0.717, 1.165) is 0 Å². The van der Waals surface area contributed by atoms with Crippen molar-refractivity contribution in [1.29, 1.82) is 0 Å². The maximum atomic E-state index is 10.7. The Bertz CT molecular complexity index is 394. The Hall–Kier alpha value is -1.56. The summed E-state index contributed by atoms with van der Waals surface area (Å²) in [6.07, 6.45) is 0.509. The van der Waals surface area contributed by atoms with Gasteiger partial charge in [0.15, 0.2) is 0 Å². The smallest absolute Gasteiger partial charge is 0.313 e. The van der Waals surface area contributed by atoms with E-state index in [2.05, 4.69) is 0 Å². The Morgan fingerprint density at radius 2 is 2.12 bits per heavy atom. The number of hydrogen-bond donors (Lipinski definition) is 1. The summed E-state index contributed by atoms with van der Waals surface area (Å²) in [6, 6.07) is 6.51. The molecule has 0 aromatic heterocycles. The monoisotopic (exact) mass is 241 g/mol. The van der Waals surface area contributed by atoms with Gasteiger partial charge in [-0.05, 0) is 12.2 Å². The minimum absolute atomic E-state index is 0.0284. The van der Waals surface area contributed by atoms with Gasteiger partial charge in [0.1, 0.15) is 0 Å². The first-order valence-corrected chi connectivity index (χ1v) is 5.78. The molecule has 16 heavy (non-hydrogen) atoms. The molecule has 0 radical (unpaired) electrons. The van der Waals surface area contributed by atoms with Crippen molar-refractivity contribution >= 4 is 23.4 Å². The summed E-state index contributed by atoms with van der Waals surface area (Å²) >= 11 is 1.25. The molecule has 0 amide bonds. The van der Waals surface area contributed by atoms with Gasteiger partial charge in [-0.1, -0.05) is 18.2 Å². The summed E-state index contributed by atoms with van der Waals surface area (Å²) in [4.78, 5) is 20.5. The van der Waals surface area contributed by atoms with E-state index in [0.29, 0.717) is 17.7 Å². The van der Waals surface area contributed by atoms with Crippen molar-refractivity contribution in [3.8, 4) is 0 Å². The van der Waals surface area contributed by atoms with Crippen LogP contribution < -0.4 is 0 Å². The first-order valence-electron chi connectivity index (χ1n) is 4.63. The molecule has 0 fully saturated rings. The topological polar surface area (TPSA) is 80.4 Å². The highest BCUT2D eigenvalue weighted by Crippen LogP contribution is 2.19. The molecule has 0 bridgehead atoms. The number of rotatable bonds is 6. The molecule has 6 heteroatoms. The lowest BCUT2D eigenvalue weighted by atomic mass is 10.1. The van der Waals surface area contributed by atoms with Crippen molar-refractivity contribution in [3.05, 3.63) is 39.9 Å². The fraction of sp³-hybridized carbons (Fsp3) is 0.300. The standard InChI is InChI=1S/C10H11NO4S/c12-10(13)7-16-6-5-8-3-1-2-4-9(8)11(14)15/h1-4H,5-7H2,(H,12,13). The summed E-state index contributed by atoms with van der Waals surface area (Å²) in [7, 11) is 0. The number of aliphatic carboxylic acids is 1. The van der Waals surface area contributed by atoms with Gasteiger partial charge in [-0.15, -0.1) is 11.8 Å². The van der Waals surface area contributed by atoms with Crippen molar-refractivity contribution < 1.29 is 14.8 Å². The second-order valence-electron chi connectivity index (χ2n) is 3.08. The second kappa shape index (κ2) is 6.12. The SMILES string of the molecule is O=C(O)CSCCc1ccccc1[N+](=O)[O-]. The molecule has 1 aromatic rings. The molecule has 0 saturated carbocycles. The third kappa shape index (κ3) is 3.90. The van der Waals surface area contributed by atoms with Gasteiger partial charge >= 0.3 is 5.97 Å². The zero-order valence-electron chi connectivity index (χ0n) is 8.46. The number of hydrogen-bond acceptors (Lipinski definition) is 4. The maximum Gasteiger partial charge on any atom is 0.313 e. The first kappa shape index (κ1) is 12.5. The highest BCUT2D eigenvalue weighted by molar-refractivity contribution is 7.99. The Morgan fingerprint density at radius 3 is 2.75 bits per heavy atom. The average molecular weight is 241 g/mol. The number of nitrogens with zero attached hydrogens (tertiary/aromatic N) is 1. The molecule has 5 nitrogen and oxygen atoms in total. The van der Waals surface area contributed by atoms with Crippen LogP contribution in [0.4, 0.5) is 5.69 Å². The minimum Gasteiger partial charge on any atom is -0.481 e. The Labute approximate surface area is 96.6 Å². The van der Waals surface area contributed by atoms with Crippen molar-refractivity contribution in [2.45, 2.75) is 6.42 Å². The van der Waals surface area contributed by atoms with E-state index >= 15 is 0 Å². The lowest BCUT2D eigenvalue weighted by Crippen LogP contribution is -2.01. The predicted octanol–water partition coefficient (Wildman–Crippen LogP) is 1.96. The minimum atomic E-state index is -0.868. The van der Waals surface area contributed by atoms with E-state index in [1.54, 1.807) is 18.2 Å². The number of benzene rings is 1. The molecular formula is C10H11NO4S. The zero-order valence-corrected chi connectivity index (χ0v) is 9.27. The van der Waals surface area contributed by atoms with Crippen LogP contribution in [0.3, 0.4) is 0 Å². The zero-order chi connectivity index (χ0) is 12.0. The fourth-order valence-electron chi connectivity index (χ4n) is 1.24. The van der Waals surface area contributed by atoms with Crippen molar-refractivity contribution in [2.75, 3.05) is 11.5 Å². The Morgan fingerprint density at radius 1 is 1.44 bits per heavy atom. The average Bonchev–Trinajstić information content (AvgIpc) is 2.24. The van der Waals surface area contributed by atoms with Crippen molar-refractivity contribution in [3.63, 3.8) is 0 Å². The Kier molecular flexibility index (Phi) is 4.78. The normalized spacial score (nSPS) is 10.0. The lowest BCUT2D eigenvalue weighted by Gasteiger charge is -2.01. The van der Waals surface area contributed by atoms with Crippen LogP contribution in [0.1, 0.15) is 5.56 Å². The molecule has 1 rings (SSSR count). The lowest BCUT2D eigenvalue weighted by molar-refractivity contribution is -0.385. The number of carbonyl (C=O) groups is 1. The van der Waals surface area contributed by atoms with E-state index in [9.17, 15) is 14.9 Å². The predicted molar refractivity (Wildman–Crippen MR) is 61.8 cm³/mol. The van der Waals surface area contributed by atoms with Gasteiger partial charge in [-0.25, -0.2) is 0 Å². The molecule has 86 valence electrons. The number of para-hydroxylation sites is 1. The highest BCUT2D eigenvalue weighted by Gasteiger charge is 2.11. The summed E-state index contributed by atoms with van der Waals surface area (Å²) in [5, 5.41) is 19.1. The van der Waals surface area contributed by atoms with Gasteiger partial charge in [0.25, 0.3) is 5.69 Å². The summed E-state index contributed by atoms with van der Waals surface area (Å²) in [6.45, 7) is 0. The van der Waals surface area contributed by atoms with Crippen LogP contribution in [-0.2, 0) is 11.2 Å². The molecule has 0 heterocycles. The number of carboxylic acid groups (broad SMARTS) is 1. The van der Waals surface area contributed by atoms with E-state index in [1.807, 2.05) is 0 Å². The molecule has 0 aliphatic rings. The van der Waals surface area contributed by atoms with Crippen LogP contribution in [0.5, 0.6) is 0 Å². The number of thioether (sulfide) groups is 1. The Balaban J connectivity index is 2.53. The van der Waals surface area contributed by atoms with Gasteiger partial charge < -0.3 is 5.11 Å². The highest BCUT2D eigenvalue weighted by atomic mass is 32.2. The molecular weight excluding hydrogens is 230 g/mol. The molecule has 0 atom stereocenters. The molecule has 1 aromatic carbocycles. The maximum absolute atomic E-state index is 10.7. The van der Waals surface area contributed by atoms with E-state index in [1.165, 1.54) is 17.8 Å². The van der Waals surface area contributed by atoms with Crippen LogP contribution in [-0.4, -0.2) is 27.5 Å². The third-order valence-electron chi connectivity index (χ3n) is 1.93. The van der Waals surface area contributed by atoms with Crippen LogP contribution in [0, 0.1) is 10.1 Å². The summed E-state index contributed by atoms with van der Waals surface area (Å²) in [5.41, 5.74) is 0.740. The van der Waals surface area contributed by atoms with Gasteiger partial charge in [0, 0.05) is 11.6 Å². The molecule has 0 unspecified atom stereocenters. The van der Waals surface area contributed by atoms with Gasteiger partial charge in [-0.3, -0.25) is 14.9 Å².